The lowest BCUT2D eigenvalue weighted by atomic mass is 10.1. The predicted octanol–water partition coefficient (Wildman–Crippen LogP) is 2.97. The first-order valence-corrected chi connectivity index (χ1v) is 7.22. The molecule has 0 aliphatic heterocycles. The Balaban J connectivity index is 2.67. The van der Waals surface area contributed by atoms with Crippen molar-refractivity contribution in [2.24, 2.45) is 0 Å². The molecule has 0 spiro atoms. The van der Waals surface area contributed by atoms with Crippen molar-refractivity contribution in [3.63, 3.8) is 0 Å². The van der Waals surface area contributed by atoms with Crippen LogP contribution in [-0.4, -0.2) is 36.9 Å². The minimum Gasteiger partial charge on any atom is -0.489 e. The summed E-state index contributed by atoms with van der Waals surface area (Å²) >= 11 is 0. The number of carbonyl (C=O) groups is 1. The van der Waals surface area contributed by atoms with Crippen LogP contribution in [0.25, 0.3) is 0 Å². The molecule has 0 saturated carbocycles. The molecule has 0 radical (unpaired) electrons. The fourth-order valence-electron chi connectivity index (χ4n) is 1.93. The number of rotatable bonds is 8. The number of ketones is 1. The van der Waals surface area contributed by atoms with Crippen molar-refractivity contribution in [1.29, 1.82) is 0 Å². The van der Waals surface area contributed by atoms with E-state index in [1.54, 1.807) is 18.2 Å². The number of likely N-dealkylation sites (N-methyl/N-ethyl adjacent to an activating group) is 1. The molecule has 4 nitrogen and oxygen atoms in total. The lowest BCUT2D eigenvalue weighted by Gasteiger charge is -2.16. The van der Waals surface area contributed by atoms with Crippen LogP contribution in [0.4, 0.5) is 5.69 Å². The number of nitrogen functional groups attached to an aromatic ring is 1. The molecule has 0 unspecified atom stereocenters. The molecule has 2 N–H and O–H groups in total. The van der Waals surface area contributed by atoms with Crippen molar-refractivity contribution in [1.82, 2.24) is 4.90 Å². The van der Waals surface area contributed by atoms with Crippen LogP contribution in [0.3, 0.4) is 0 Å². The number of anilines is 1. The number of carbonyl (C=O) groups excluding carboxylic acids is 1. The van der Waals surface area contributed by atoms with E-state index in [1.807, 2.05) is 25.8 Å². The van der Waals surface area contributed by atoms with Gasteiger partial charge in [0.25, 0.3) is 0 Å². The number of benzene rings is 1. The number of unbranched alkanes of at least 4 members (excludes halogenated alkanes) is 1. The maximum Gasteiger partial charge on any atom is 0.176 e. The van der Waals surface area contributed by atoms with Crippen LogP contribution in [-0.2, 0) is 0 Å². The zero-order valence-corrected chi connectivity index (χ0v) is 13.0. The molecule has 0 atom stereocenters. The van der Waals surface area contributed by atoms with Gasteiger partial charge in [-0.05, 0) is 52.1 Å². The van der Waals surface area contributed by atoms with Crippen LogP contribution in [0.15, 0.2) is 18.2 Å². The van der Waals surface area contributed by atoms with Crippen molar-refractivity contribution in [2.75, 3.05) is 25.9 Å². The Morgan fingerprint density at radius 2 is 2.10 bits per heavy atom. The second-order valence-electron chi connectivity index (χ2n) is 5.43. The van der Waals surface area contributed by atoms with Crippen molar-refractivity contribution in [2.45, 2.75) is 39.7 Å². The number of nitrogens with zero attached hydrogens (tertiary/aromatic N) is 1. The Bertz CT molecular complexity index is 444. The molecular formula is C16H26N2O2. The van der Waals surface area contributed by atoms with E-state index in [-0.39, 0.29) is 11.9 Å². The maximum atomic E-state index is 12.2. The molecule has 4 heteroatoms. The fourth-order valence-corrected chi connectivity index (χ4v) is 1.93. The van der Waals surface area contributed by atoms with Crippen LogP contribution < -0.4 is 10.5 Å². The van der Waals surface area contributed by atoms with E-state index in [2.05, 4.69) is 6.92 Å². The Morgan fingerprint density at radius 3 is 2.65 bits per heavy atom. The van der Waals surface area contributed by atoms with Crippen molar-refractivity contribution in [3.8, 4) is 5.75 Å². The molecule has 1 aromatic carbocycles. The normalized spacial score (nSPS) is 11.1. The first-order chi connectivity index (χ1) is 9.43. The summed E-state index contributed by atoms with van der Waals surface area (Å²) in [5, 5.41) is 0. The van der Waals surface area contributed by atoms with E-state index in [9.17, 15) is 4.79 Å². The predicted molar refractivity (Wildman–Crippen MR) is 83.4 cm³/mol. The highest BCUT2D eigenvalue weighted by molar-refractivity contribution is 5.98. The smallest absolute Gasteiger partial charge is 0.176 e. The minimum atomic E-state index is 0.0685. The van der Waals surface area contributed by atoms with Gasteiger partial charge in [-0.3, -0.25) is 9.69 Å². The molecule has 0 bridgehead atoms. The maximum absolute atomic E-state index is 12.2. The zero-order chi connectivity index (χ0) is 15.1. The van der Waals surface area contributed by atoms with Crippen LogP contribution >= 0.6 is 0 Å². The Labute approximate surface area is 121 Å². The van der Waals surface area contributed by atoms with Crippen molar-refractivity contribution < 1.29 is 9.53 Å². The average molecular weight is 278 g/mol. The molecule has 0 saturated heterocycles. The largest absolute Gasteiger partial charge is 0.489 e. The van der Waals surface area contributed by atoms with Gasteiger partial charge in [-0.15, -0.1) is 0 Å². The molecule has 112 valence electrons. The van der Waals surface area contributed by atoms with E-state index in [0.717, 1.165) is 19.4 Å². The van der Waals surface area contributed by atoms with Gasteiger partial charge in [0.2, 0.25) is 0 Å². The first kappa shape index (κ1) is 16.5. The zero-order valence-electron chi connectivity index (χ0n) is 13.0. The highest BCUT2D eigenvalue weighted by Crippen LogP contribution is 2.24. The van der Waals surface area contributed by atoms with Crippen molar-refractivity contribution in [3.05, 3.63) is 23.8 Å². The van der Waals surface area contributed by atoms with E-state index in [0.29, 0.717) is 23.5 Å². The number of Topliss-reactive ketones (excluding diaryl/α,β-unsaturated/α-hetero) is 1. The van der Waals surface area contributed by atoms with Gasteiger partial charge in [-0.1, -0.05) is 13.3 Å². The van der Waals surface area contributed by atoms with Crippen LogP contribution in [0.2, 0.25) is 0 Å². The summed E-state index contributed by atoms with van der Waals surface area (Å²) in [5.41, 5.74) is 7.08. The molecular weight excluding hydrogens is 252 g/mol. The lowest BCUT2D eigenvalue weighted by molar-refractivity contribution is 0.0945. The standard InChI is InChI=1S/C16H26N2O2/c1-5-6-9-18(4)11-15(19)13-7-8-16(14(17)10-13)20-12(2)3/h7-8,10,12H,5-6,9,11,17H2,1-4H3. The SMILES string of the molecule is CCCCN(C)CC(=O)c1ccc(OC(C)C)c(N)c1. The highest BCUT2D eigenvalue weighted by Gasteiger charge is 2.12. The second kappa shape index (κ2) is 7.90. The van der Waals surface area contributed by atoms with E-state index in [1.165, 1.54) is 0 Å². The number of ether oxygens (including phenoxy) is 1. The summed E-state index contributed by atoms with van der Waals surface area (Å²) in [6, 6.07) is 5.26. The van der Waals surface area contributed by atoms with Gasteiger partial charge in [0.1, 0.15) is 5.75 Å². The molecule has 0 fully saturated rings. The third kappa shape index (κ3) is 5.21. The number of hydrogen-bond acceptors (Lipinski definition) is 4. The third-order valence-electron chi connectivity index (χ3n) is 3.00. The van der Waals surface area contributed by atoms with Gasteiger partial charge in [0.05, 0.1) is 18.3 Å². The van der Waals surface area contributed by atoms with E-state index < -0.39 is 0 Å². The van der Waals surface area contributed by atoms with Gasteiger partial charge in [-0.2, -0.15) is 0 Å². The van der Waals surface area contributed by atoms with Crippen LogP contribution in [0.5, 0.6) is 5.75 Å². The third-order valence-corrected chi connectivity index (χ3v) is 3.00. The molecule has 0 heterocycles. The van der Waals surface area contributed by atoms with Gasteiger partial charge in [-0.25, -0.2) is 0 Å². The van der Waals surface area contributed by atoms with Gasteiger partial charge >= 0.3 is 0 Å². The molecule has 1 aromatic rings. The molecule has 1 rings (SSSR count). The summed E-state index contributed by atoms with van der Waals surface area (Å²) in [7, 11) is 1.97. The summed E-state index contributed by atoms with van der Waals surface area (Å²) in [5.74, 6) is 0.724. The van der Waals surface area contributed by atoms with Crippen LogP contribution in [0.1, 0.15) is 44.0 Å². The number of nitrogens with two attached hydrogens (primary N) is 1. The van der Waals surface area contributed by atoms with Gasteiger partial charge < -0.3 is 10.5 Å². The average Bonchev–Trinajstić information content (AvgIpc) is 2.38. The van der Waals surface area contributed by atoms with Gasteiger partial charge in [0, 0.05) is 5.56 Å². The topological polar surface area (TPSA) is 55.6 Å². The summed E-state index contributed by atoms with van der Waals surface area (Å²) in [4.78, 5) is 14.2. The first-order valence-electron chi connectivity index (χ1n) is 7.22. The number of hydrogen-bond donors (Lipinski definition) is 1. The van der Waals surface area contributed by atoms with Crippen molar-refractivity contribution >= 4 is 11.5 Å². The Morgan fingerprint density at radius 1 is 1.40 bits per heavy atom. The molecule has 0 aliphatic carbocycles. The molecule has 20 heavy (non-hydrogen) atoms. The monoisotopic (exact) mass is 278 g/mol. The summed E-state index contributed by atoms with van der Waals surface area (Å²) in [6.07, 6.45) is 2.30. The Kier molecular flexibility index (Phi) is 6.52. The highest BCUT2D eigenvalue weighted by atomic mass is 16.5. The quantitative estimate of drug-likeness (QED) is 0.586. The lowest BCUT2D eigenvalue weighted by Crippen LogP contribution is -2.27. The summed E-state index contributed by atoms with van der Waals surface area (Å²) in [6.45, 7) is 7.39. The fraction of sp³-hybridized carbons (Fsp3) is 0.562. The van der Waals surface area contributed by atoms with Gasteiger partial charge in [0.15, 0.2) is 5.78 Å². The molecule has 0 aromatic heterocycles. The second-order valence-corrected chi connectivity index (χ2v) is 5.43. The van der Waals surface area contributed by atoms with E-state index in [4.69, 9.17) is 10.5 Å². The van der Waals surface area contributed by atoms with Crippen LogP contribution in [0, 0.1) is 0 Å². The Hall–Kier alpha value is -1.55. The molecule has 0 aliphatic rings. The van der Waals surface area contributed by atoms with E-state index >= 15 is 0 Å². The minimum absolute atomic E-state index is 0.0685. The summed E-state index contributed by atoms with van der Waals surface area (Å²) < 4.78 is 5.57. The molecule has 0 amide bonds.